The quantitative estimate of drug-likeness (QED) is 0.0152. The molecule has 4 aliphatic rings. The van der Waals surface area contributed by atoms with Gasteiger partial charge in [0.15, 0.2) is 23.1 Å². The van der Waals surface area contributed by atoms with E-state index in [2.05, 4.69) is 43.3 Å². The van der Waals surface area contributed by atoms with Crippen molar-refractivity contribution in [2.24, 2.45) is 47.3 Å². The molecule has 0 aromatic heterocycles. The fourth-order valence-corrected chi connectivity index (χ4v) is 13.9. The van der Waals surface area contributed by atoms with Crippen molar-refractivity contribution in [1.82, 2.24) is 0 Å². The minimum absolute atomic E-state index is 0.0126. The number of ketones is 4. The molecule has 17 nitrogen and oxygen atoms in total. The number of carbonyl (C=O) groups excluding carboxylic acids is 7. The van der Waals surface area contributed by atoms with E-state index in [1.54, 1.807) is 24.3 Å². The number of ether oxygens (including phenoxy) is 4. The number of benzene rings is 3. The molecule has 118 heavy (non-hydrogen) atoms. The largest absolute Gasteiger partial charge is 0.491 e. The number of alkyl halides is 3. The van der Waals surface area contributed by atoms with Gasteiger partial charge < -0.3 is 44.5 Å². The van der Waals surface area contributed by atoms with E-state index in [-0.39, 0.29) is 132 Å². The zero-order valence-corrected chi connectivity index (χ0v) is 70.6. The summed E-state index contributed by atoms with van der Waals surface area (Å²) in [5.74, 6) is -0.934. The van der Waals surface area contributed by atoms with Crippen LogP contribution in [0.5, 0.6) is 5.75 Å². The van der Waals surface area contributed by atoms with Crippen LogP contribution in [0.1, 0.15) is 232 Å². The molecule has 0 bridgehead atoms. The molecule has 4 aliphatic carbocycles. The predicted molar refractivity (Wildman–Crippen MR) is 458 cm³/mol. The van der Waals surface area contributed by atoms with Crippen LogP contribution in [-0.4, -0.2) is 122 Å². The summed E-state index contributed by atoms with van der Waals surface area (Å²) < 4.78 is 59.0. The van der Waals surface area contributed by atoms with Gasteiger partial charge in [-0.1, -0.05) is 190 Å². The van der Waals surface area contributed by atoms with Crippen LogP contribution in [0.25, 0.3) is 0 Å². The van der Waals surface area contributed by atoms with Crippen LogP contribution >= 0.6 is 0 Å². The lowest BCUT2D eigenvalue weighted by atomic mass is 9.86. The van der Waals surface area contributed by atoms with Gasteiger partial charge in [-0.25, -0.2) is 0 Å². The standard InChI is InChI=1S/C26H33F3O5.C26H36O4.C26H34O4.C20H30O4/c1-18(2)34-25(32)11-6-4-3-5-10-23-19(13-15-24(23)31)12-14-21(30)17-33-22-9-7-8-20(16-22)26(27,28)29;2*1-20(2)30-26(29)13-9-4-3-8-12-24-22(16-19-25(24)28)15-18-23(27)17-14-21-10-6-5-7-11-21;1-2-3-6-9-17(21)14-12-16-13-15-19(22)18(16)10-7-4-5-8-11-20(23)24/h3,5,7-9,13,15-16,18-19,21,23,30H,4,6,10-12,14,17H2,1-2H3;3,5-8,10-11,16,19-20,22-24,27H,4,9,12-15,17-18H2,1-2H3;3,5-8,10-11,15-16,18-20,22-24,27H,4,9,12-14,17H2,1-2H3;4,7,12-18,21H,2-3,5-6,8-11H2,1H3,(H,23,24)/b5-3-;8-3-;8-3-,18-15+;7-4-,14-12+/t19-,21+,23+;2*22-,23-,24+;16-,17-,18+/m0000/s1. The molecule has 20 heteroatoms. The molecule has 0 aliphatic heterocycles. The van der Waals surface area contributed by atoms with Gasteiger partial charge in [-0.2, -0.15) is 13.2 Å². The average molecular weight is 1640 g/mol. The maximum atomic E-state index is 12.8. The highest BCUT2D eigenvalue weighted by molar-refractivity contribution is 5.96. The molecule has 0 saturated carbocycles. The van der Waals surface area contributed by atoms with Crippen molar-refractivity contribution in [1.29, 1.82) is 0 Å². The molecule has 0 heterocycles. The van der Waals surface area contributed by atoms with Crippen LogP contribution in [0.2, 0.25) is 0 Å². The summed E-state index contributed by atoms with van der Waals surface area (Å²) >= 11 is 0. The average Bonchev–Trinajstić information content (AvgIpc) is 1.73. The van der Waals surface area contributed by atoms with Crippen molar-refractivity contribution in [3.63, 3.8) is 0 Å². The van der Waals surface area contributed by atoms with Crippen LogP contribution in [0.15, 0.2) is 206 Å². The molecule has 7 rings (SSSR count). The molecule has 12 atom stereocenters. The first-order chi connectivity index (χ1) is 56.5. The van der Waals surface area contributed by atoms with Crippen LogP contribution in [0, 0.1) is 47.3 Å². The number of hydrogen-bond acceptors (Lipinski definition) is 16. The number of carboxylic acids is 1. The minimum Gasteiger partial charge on any atom is -0.491 e. The zero-order chi connectivity index (χ0) is 86.5. The fraction of sp³-hybridized carbons (Fsp3) is 0.531. The number of aliphatic hydroxyl groups is 4. The summed E-state index contributed by atoms with van der Waals surface area (Å²) in [7, 11) is 0. The summed E-state index contributed by atoms with van der Waals surface area (Å²) in [5.41, 5.74) is 1.65. The third-order valence-electron chi connectivity index (χ3n) is 20.4. The van der Waals surface area contributed by atoms with Gasteiger partial charge in [-0.05, 0) is 242 Å². The molecule has 648 valence electrons. The molecule has 0 spiro atoms. The lowest BCUT2D eigenvalue weighted by molar-refractivity contribution is -0.148. The molecule has 3 aromatic carbocycles. The number of rotatable bonds is 50. The number of allylic oxidation sites excluding steroid dienone is 18. The van der Waals surface area contributed by atoms with Crippen molar-refractivity contribution in [2.75, 3.05) is 6.61 Å². The van der Waals surface area contributed by atoms with E-state index in [1.165, 1.54) is 23.3 Å². The monoisotopic (exact) mass is 1640 g/mol. The highest BCUT2D eigenvalue weighted by Gasteiger charge is 2.33. The molecular weight excluding hydrogens is 1510 g/mol. The highest BCUT2D eigenvalue weighted by Crippen LogP contribution is 2.35. The second kappa shape index (κ2) is 58.9. The Balaban J connectivity index is 0.000000333. The topological polar surface area (TPSA) is 275 Å². The maximum absolute atomic E-state index is 12.8. The number of aliphatic hydroxyl groups excluding tert-OH is 4. The smallest absolute Gasteiger partial charge is 0.416 e. The Hall–Kier alpha value is -8.95. The number of esters is 3. The molecule has 0 saturated heterocycles. The van der Waals surface area contributed by atoms with E-state index in [4.69, 9.17) is 24.1 Å². The summed E-state index contributed by atoms with van der Waals surface area (Å²) in [6.07, 6.45) is 50.3. The van der Waals surface area contributed by atoms with E-state index in [1.807, 2.05) is 163 Å². The van der Waals surface area contributed by atoms with Gasteiger partial charge in [0.1, 0.15) is 12.4 Å². The molecule has 0 fully saturated rings. The van der Waals surface area contributed by atoms with Gasteiger partial charge in [-0.15, -0.1) is 0 Å². The number of carboxylic acid groups (broad SMARTS) is 1. The Labute approximate surface area is 699 Å². The van der Waals surface area contributed by atoms with Gasteiger partial charge >= 0.3 is 30.1 Å². The van der Waals surface area contributed by atoms with Crippen LogP contribution in [0.4, 0.5) is 13.2 Å². The fourth-order valence-electron chi connectivity index (χ4n) is 13.9. The van der Waals surface area contributed by atoms with Crippen LogP contribution in [-0.2, 0) is 71.6 Å². The summed E-state index contributed by atoms with van der Waals surface area (Å²) in [5, 5.41) is 49.3. The third-order valence-corrected chi connectivity index (χ3v) is 20.4. The lowest BCUT2D eigenvalue weighted by Crippen LogP contribution is -2.21. The summed E-state index contributed by atoms with van der Waals surface area (Å²) in [6.45, 7) is 13.0. The second-order valence-electron chi connectivity index (χ2n) is 31.6. The molecular formula is C98H133F3O17. The van der Waals surface area contributed by atoms with Crippen LogP contribution < -0.4 is 4.74 Å². The Morgan fingerprint density at radius 2 is 0.831 bits per heavy atom. The van der Waals surface area contributed by atoms with E-state index in [0.29, 0.717) is 83.5 Å². The van der Waals surface area contributed by atoms with Gasteiger partial charge in [0.05, 0.1) is 48.3 Å². The van der Waals surface area contributed by atoms with Crippen molar-refractivity contribution < 1.29 is 96.0 Å². The number of unbranched alkanes of at least 4 members (excludes halogenated alkanes) is 6. The van der Waals surface area contributed by atoms with E-state index in [9.17, 15) is 72.0 Å². The third kappa shape index (κ3) is 45.3. The van der Waals surface area contributed by atoms with Gasteiger partial charge in [0, 0.05) is 61.2 Å². The molecule has 0 amide bonds. The van der Waals surface area contributed by atoms with Crippen LogP contribution in [0.3, 0.4) is 0 Å². The SMILES string of the molecule is CC(C)OC(=O)CCC/C=C\C[C@H]1C(=O)C=C[C@@H]1/C=C/[C@@H](O)CCc1ccccc1.CC(C)OC(=O)CCC/C=C\C[C@H]1C(=O)C=C[C@@H]1CC[C@@H](O)CCc1ccccc1.CC(C)OC(=O)CCC/C=C\C[C@H]1C(=O)C=C[C@@H]1CC[C@@H](O)COc1cccc(C(F)(F)F)c1.CCCCC[C@H](O)/C=C/[C@H]1C=CC(=O)[C@@H]1C/C=C\CCCC(=O)O. The molecule has 3 aromatic rings. The van der Waals surface area contributed by atoms with Crippen molar-refractivity contribution in [2.45, 2.75) is 277 Å². The van der Waals surface area contributed by atoms with E-state index in [0.717, 1.165) is 102 Å². The predicted octanol–water partition coefficient (Wildman–Crippen LogP) is 19.9. The number of hydrogen-bond donors (Lipinski definition) is 5. The van der Waals surface area contributed by atoms with E-state index >= 15 is 0 Å². The number of aryl methyl sites for hydroxylation is 2. The number of halogens is 3. The Kier molecular flexibility index (Phi) is 50.6. The summed E-state index contributed by atoms with van der Waals surface area (Å²) in [4.78, 5) is 93.5. The first-order valence-corrected chi connectivity index (χ1v) is 42.8. The minimum atomic E-state index is -4.46. The Morgan fingerprint density at radius 3 is 1.25 bits per heavy atom. The molecule has 5 N–H and O–H groups in total. The highest BCUT2D eigenvalue weighted by atomic mass is 19.4. The first kappa shape index (κ1) is 101. The normalized spacial score (nSPS) is 20.1. The molecule has 0 unspecified atom stereocenters. The van der Waals surface area contributed by atoms with E-state index < -0.39 is 36.0 Å². The number of aliphatic carboxylic acids is 1. The Bertz CT molecular complexity index is 3750. The summed E-state index contributed by atoms with van der Waals surface area (Å²) in [6, 6.07) is 24.9. The van der Waals surface area contributed by atoms with Gasteiger partial charge in [0.2, 0.25) is 0 Å². The molecule has 0 radical (unpaired) electrons. The van der Waals surface area contributed by atoms with Crippen molar-refractivity contribution >= 4 is 47.0 Å². The maximum Gasteiger partial charge on any atom is 0.416 e. The number of carbonyl (C=O) groups is 8. The lowest BCUT2D eigenvalue weighted by Gasteiger charge is -2.19. The second-order valence-corrected chi connectivity index (χ2v) is 31.6. The van der Waals surface area contributed by atoms with Crippen molar-refractivity contribution in [3.05, 3.63) is 223 Å². The van der Waals surface area contributed by atoms with Gasteiger partial charge in [0.25, 0.3) is 0 Å². The van der Waals surface area contributed by atoms with Crippen molar-refractivity contribution in [3.8, 4) is 5.75 Å². The Morgan fingerprint density at radius 1 is 0.441 bits per heavy atom. The zero-order valence-electron chi connectivity index (χ0n) is 70.6. The first-order valence-electron chi connectivity index (χ1n) is 42.8. The van der Waals surface area contributed by atoms with Gasteiger partial charge in [-0.3, -0.25) is 38.4 Å².